The Bertz CT molecular complexity index is 457. The van der Waals surface area contributed by atoms with Crippen molar-refractivity contribution < 1.29 is 0 Å². The SMILES string of the molecule is Cc1ccc(C)c(CC(N)C(C)(C)N2CCCCCC2)c1. The monoisotopic (exact) mass is 288 g/mol. The van der Waals surface area contributed by atoms with Crippen molar-refractivity contribution in [3.8, 4) is 0 Å². The van der Waals surface area contributed by atoms with Gasteiger partial charge in [-0.15, -0.1) is 0 Å². The van der Waals surface area contributed by atoms with Crippen LogP contribution < -0.4 is 5.73 Å². The van der Waals surface area contributed by atoms with Gasteiger partial charge in [0, 0.05) is 11.6 Å². The fraction of sp³-hybridized carbons (Fsp3) is 0.684. The third-order valence-electron chi connectivity index (χ3n) is 5.27. The average Bonchev–Trinajstić information content (AvgIpc) is 2.72. The Balaban J connectivity index is 2.09. The van der Waals surface area contributed by atoms with Crippen LogP contribution in [0.1, 0.15) is 56.2 Å². The van der Waals surface area contributed by atoms with Crippen LogP contribution in [-0.4, -0.2) is 29.6 Å². The standard InChI is InChI=1S/C19H32N2/c1-15-9-10-16(2)17(13-15)14-18(20)19(3,4)21-11-7-5-6-8-12-21/h9-10,13,18H,5-8,11-12,14,20H2,1-4H3. The fourth-order valence-electron chi connectivity index (χ4n) is 3.39. The number of likely N-dealkylation sites (tertiary alicyclic amines) is 1. The van der Waals surface area contributed by atoms with Gasteiger partial charge in [-0.2, -0.15) is 0 Å². The molecule has 1 unspecified atom stereocenters. The molecule has 0 aromatic heterocycles. The molecule has 2 nitrogen and oxygen atoms in total. The molecule has 1 heterocycles. The molecule has 0 amide bonds. The van der Waals surface area contributed by atoms with Crippen LogP contribution in [0.4, 0.5) is 0 Å². The lowest BCUT2D eigenvalue weighted by Crippen LogP contribution is -2.57. The van der Waals surface area contributed by atoms with Crippen molar-refractivity contribution in [1.29, 1.82) is 0 Å². The quantitative estimate of drug-likeness (QED) is 0.912. The van der Waals surface area contributed by atoms with Crippen LogP contribution in [0.25, 0.3) is 0 Å². The third kappa shape index (κ3) is 4.08. The summed E-state index contributed by atoms with van der Waals surface area (Å²) in [6, 6.07) is 6.88. The van der Waals surface area contributed by atoms with E-state index in [1.165, 1.54) is 55.5 Å². The summed E-state index contributed by atoms with van der Waals surface area (Å²) in [7, 11) is 0. The van der Waals surface area contributed by atoms with E-state index >= 15 is 0 Å². The first-order chi connectivity index (χ1) is 9.91. The summed E-state index contributed by atoms with van der Waals surface area (Å²) in [6.07, 6.45) is 6.36. The molecule has 1 aliphatic rings. The highest BCUT2D eigenvalue weighted by molar-refractivity contribution is 5.31. The molecule has 0 saturated carbocycles. The fourth-order valence-corrected chi connectivity index (χ4v) is 3.39. The van der Waals surface area contributed by atoms with Crippen LogP contribution in [0.3, 0.4) is 0 Å². The van der Waals surface area contributed by atoms with Gasteiger partial charge in [-0.1, -0.05) is 36.6 Å². The number of nitrogens with two attached hydrogens (primary N) is 1. The Morgan fingerprint density at radius 1 is 1.10 bits per heavy atom. The molecule has 1 saturated heterocycles. The number of benzene rings is 1. The molecule has 118 valence electrons. The molecule has 21 heavy (non-hydrogen) atoms. The van der Waals surface area contributed by atoms with Gasteiger partial charge in [-0.3, -0.25) is 4.90 Å². The summed E-state index contributed by atoms with van der Waals surface area (Å²) >= 11 is 0. The summed E-state index contributed by atoms with van der Waals surface area (Å²) in [5.74, 6) is 0. The molecule has 0 aliphatic carbocycles. The first kappa shape index (κ1) is 16.5. The molecular weight excluding hydrogens is 256 g/mol. The predicted molar refractivity (Wildman–Crippen MR) is 91.7 cm³/mol. The zero-order chi connectivity index (χ0) is 15.5. The minimum Gasteiger partial charge on any atom is -0.326 e. The van der Waals surface area contributed by atoms with Gasteiger partial charge in [0.05, 0.1) is 0 Å². The van der Waals surface area contributed by atoms with Gasteiger partial charge in [-0.25, -0.2) is 0 Å². The van der Waals surface area contributed by atoms with Crippen LogP contribution in [0.2, 0.25) is 0 Å². The number of aryl methyl sites for hydroxylation is 2. The molecule has 1 aliphatic heterocycles. The zero-order valence-corrected chi connectivity index (χ0v) is 14.3. The average molecular weight is 288 g/mol. The lowest BCUT2D eigenvalue weighted by molar-refractivity contribution is 0.0978. The molecule has 1 aromatic rings. The van der Waals surface area contributed by atoms with Crippen molar-refractivity contribution in [2.75, 3.05) is 13.1 Å². The molecule has 0 radical (unpaired) electrons. The number of rotatable bonds is 4. The van der Waals surface area contributed by atoms with Gasteiger partial charge in [0.25, 0.3) is 0 Å². The van der Waals surface area contributed by atoms with Gasteiger partial charge in [0.15, 0.2) is 0 Å². The number of hydrogen-bond acceptors (Lipinski definition) is 2. The third-order valence-corrected chi connectivity index (χ3v) is 5.27. The highest BCUT2D eigenvalue weighted by Crippen LogP contribution is 2.25. The highest BCUT2D eigenvalue weighted by atomic mass is 15.2. The topological polar surface area (TPSA) is 29.3 Å². The van der Waals surface area contributed by atoms with Crippen LogP contribution in [0.15, 0.2) is 18.2 Å². The van der Waals surface area contributed by atoms with Gasteiger partial charge < -0.3 is 5.73 Å². The molecule has 0 bridgehead atoms. The predicted octanol–water partition coefficient (Wildman–Crippen LogP) is 3.83. The maximum Gasteiger partial charge on any atom is 0.0307 e. The summed E-state index contributed by atoms with van der Waals surface area (Å²) in [6.45, 7) is 11.4. The molecule has 1 aromatic carbocycles. The number of nitrogens with zero attached hydrogens (tertiary/aromatic N) is 1. The van der Waals surface area contributed by atoms with E-state index in [0.717, 1.165) is 6.42 Å². The molecule has 0 spiro atoms. The van der Waals surface area contributed by atoms with E-state index in [4.69, 9.17) is 5.73 Å². The smallest absolute Gasteiger partial charge is 0.0307 e. The van der Waals surface area contributed by atoms with E-state index in [1.54, 1.807) is 0 Å². The molecule has 1 atom stereocenters. The van der Waals surface area contributed by atoms with E-state index < -0.39 is 0 Å². The first-order valence-electron chi connectivity index (χ1n) is 8.48. The zero-order valence-electron chi connectivity index (χ0n) is 14.3. The van der Waals surface area contributed by atoms with Gasteiger partial charge in [0.2, 0.25) is 0 Å². The summed E-state index contributed by atoms with van der Waals surface area (Å²) in [5.41, 5.74) is 10.8. The van der Waals surface area contributed by atoms with Crippen molar-refractivity contribution in [2.45, 2.75) is 71.4 Å². The molecule has 2 heteroatoms. The van der Waals surface area contributed by atoms with Gasteiger partial charge in [-0.05, 0) is 71.2 Å². The minimum absolute atomic E-state index is 0.0700. The Kier molecular flexibility index (Phi) is 5.45. The van der Waals surface area contributed by atoms with E-state index in [9.17, 15) is 0 Å². The summed E-state index contributed by atoms with van der Waals surface area (Å²) < 4.78 is 0. The molecular formula is C19H32N2. The number of hydrogen-bond donors (Lipinski definition) is 1. The van der Waals surface area contributed by atoms with Crippen molar-refractivity contribution >= 4 is 0 Å². The van der Waals surface area contributed by atoms with Crippen molar-refractivity contribution in [3.63, 3.8) is 0 Å². The second-order valence-electron chi connectivity index (χ2n) is 7.30. The van der Waals surface area contributed by atoms with Crippen molar-refractivity contribution in [2.24, 2.45) is 5.73 Å². The Morgan fingerprint density at radius 3 is 2.33 bits per heavy atom. The minimum atomic E-state index is 0.0700. The van der Waals surface area contributed by atoms with E-state index in [2.05, 4.69) is 50.8 Å². The lowest BCUT2D eigenvalue weighted by atomic mass is 9.86. The summed E-state index contributed by atoms with van der Waals surface area (Å²) in [4.78, 5) is 2.62. The maximum absolute atomic E-state index is 6.64. The van der Waals surface area contributed by atoms with E-state index in [0.29, 0.717) is 0 Å². The first-order valence-corrected chi connectivity index (χ1v) is 8.48. The van der Waals surface area contributed by atoms with E-state index in [-0.39, 0.29) is 11.6 Å². The highest BCUT2D eigenvalue weighted by Gasteiger charge is 2.33. The Hall–Kier alpha value is -0.860. The Morgan fingerprint density at radius 2 is 1.71 bits per heavy atom. The second kappa shape index (κ2) is 6.93. The largest absolute Gasteiger partial charge is 0.326 e. The van der Waals surface area contributed by atoms with Crippen molar-refractivity contribution in [1.82, 2.24) is 4.90 Å². The Labute approximate surface area is 130 Å². The molecule has 2 N–H and O–H groups in total. The van der Waals surface area contributed by atoms with E-state index in [1.807, 2.05) is 0 Å². The van der Waals surface area contributed by atoms with Crippen molar-refractivity contribution in [3.05, 3.63) is 34.9 Å². The molecule has 2 rings (SSSR count). The van der Waals surface area contributed by atoms with Gasteiger partial charge >= 0.3 is 0 Å². The van der Waals surface area contributed by atoms with Crippen LogP contribution in [0.5, 0.6) is 0 Å². The van der Waals surface area contributed by atoms with Gasteiger partial charge in [0.1, 0.15) is 0 Å². The summed E-state index contributed by atoms with van der Waals surface area (Å²) in [5, 5.41) is 0. The van der Waals surface area contributed by atoms with Crippen LogP contribution in [-0.2, 0) is 6.42 Å². The van der Waals surface area contributed by atoms with Crippen LogP contribution in [0, 0.1) is 13.8 Å². The maximum atomic E-state index is 6.64. The molecule has 1 fully saturated rings. The normalized spacial score (nSPS) is 19.3. The lowest BCUT2D eigenvalue weighted by Gasteiger charge is -2.42. The second-order valence-corrected chi connectivity index (χ2v) is 7.30. The van der Waals surface area contributed by atoms with Crippen LogP contribution >= 0.6 is 0 Å².